The van der Waals surface area contributed by atoms with Crippen LogP contribution in [-0.4, -0.2) is 43.7 Å². The Labute approximate surface area is 129 Å². The number of rotatable bonds is 8. The van der Waals surface area contributed by atoms with E-state index in [2.05, 4.69) is 5.32 Å². The minimum absolute atomic E-state index is 0.00514. The van der Waals surface area contributed by atoms with E-state index in [0.29, 0.717) is 13.0 Å². The van der Waals surface area contributed by atoms with E-state index in [1.807, 2.05) is 0 Å². The van der Waals surface area contributed by atoms with Crippen molar-refractivity contribution < 1.29 is 18.3 Å². The van der Waals surface area contributed by atoms with Gasteiger partial charge in [0.25, 0.3) is 0 Å². The van der Waals surface area contributed by atoms with Crippen LogP contribution in [-0.2, 0) is 16.1 Å². The molecule has 22 heavy (non-hydrogen) atoms. The summed E-state index contributed by atoms with van der Waals surface area (Å²) in [6.45, 7) is 2.30. The van der Waals surface area contributed by atoms with Crippen LogP contribution in [0.4, 0.5) is 8.78 Å². The van der Waals surface area contributed by atoms with E-state index in [1.54, 1.807) is 12.0 Å². The third-order valence-corrected chi connectivity index (χ3v) is 3.96. The summed E-state index contributed by atoms with van der Waals surface area (Å²) in [7, 11) is 1.65. The van der Waals surface area contributed by atoms with Gasteiger partial charge in [-0.15, -0.1) is 0 Å². The molecular weight excluding hydrogens is 290 g/mol. The summed E-state index contributed by atoms with van der Waals surface area (Å²) in [4.78, 5) is 13.7. The molecule has 0 spiro atoms. The minimum Gasteiger partial charge on any atom is -0.383 e. The van der Waals surface area contributed by atoms with Crippen LogP contribution >= 0.6 is 0 Å². The first kappa shape index (κ1) is 16.8. The summed E-state index contributed by atoms with van der Waals surface area (Å²) in [5, 5.41) is 3.24. The predicted octanol–water partition coefficient (Wildman–Crippen LogP) is 2.08. The third kappa shape index (κ3) is 4.24. The summed E-state index contributed by atoms with van der Waals surface area (Å²) in [6.07, 6.45) is 2.04. The SMILES string of the molecule is COCCNCC[C@@H]1CCC(=O)N1Cc1cccc(F)c1F. The lowest BCUT2D eigenvalue weighted by molar-refractivity contribution is -0.129. The van der Waals surface area contributed by atoms with Crippen LogP contribution in [0.2, 0.25) is 0 Å². The number of methoxy groups -OCH3 is 1. The van der Waals surface area contributed by atoms with E-state index in [1.165, 1.54) is 12.1 Å². The van der Waals surface area contributed by atoms with Gasteiger partial charge >= 0.3 is 0 Å². The number of halogens is 2. The van der Waals surface area contributed by atoms with Gasteiger partial charge in [0, 0.05) is 38.2 Å². The molecule has 1 saturated heterocycles. The average molecular weight is 312 g/mol. The second-order valence-electron chi connectivity index (χ2n) is 5.46. The second kappa shape index (κ2) is 8.19. The largest absolute Gasteiger partial charge is 0.383 e. The maximum atomic E-state index is 13.8. The quantitative estimate of drug-likeness (QED) is 0.747. The maximum absolute atomic E-state index is 13.8. The summed E-state index contributed by atoms with van der Waals surface area (Å²) in [5.41, 5.74) is 0.229. The van der Waals surface area contributed by atoms with Crippen molar-refractivity contribution in [2.75, 3.05) is 26.8 Å². The zero-order chi connectivity index (χ0) is 15.9. The van der Waals surface area contributed by atoms with Crippen molar-refractivity contribution in [3.8, 4) is 0 Å². The molecule has 2 rings (SSSR count). The van der Waals surface area contributed by atoms with E-state index < -0.39 is 11.6 Å². The number of nitrogens with one attached hydrogen (secondary N) is 1. The van der Waals surface area contributed by atoms with Crippen molar-refractivity contribution in [3.63, 3.8) is 0 Å². The molecule has 6 heteroatoms. The van der Waals surface area contributed by atoms with Crippen LogP contribution in [0.15, 0.2) is 18.2 Å². The molecule has 122 valence electrons. The fraction of sp³-hybridized carbons (Fsp3) is 0.562. The van der Waals surface area contributed by atoms with Crippen LogP contribution in [0.1, 0.15) is 24.8 Å². The Morgan fingerprint density at radius 1 is 1.36 bits per heavy atom. The molecule has 0 unspecified atom stereocenters. The first-order valence-corrected chi connectivity index (χ1v) is 7.55. The molecule has 1 amide bonds. The number of ether oxygens (including phenoxy) is 1. The molecule has 1 fully saturated rings. The van der Waals surface area contributed by atoms with Crippen LogP contribution in [0.25, 0.3) is 0 Å². The van der Waals surface area contributed by atoms with Gasteiger partial charge < -0.3 is 15.0 Å². The highest BCUT2D eigenvalue weighted by Gasteiger charge is 2.31. The van der Waals surface area contributed by atoms with Crippen molar-refractivity contribution in [2.24, 2.45) is 0 Å². The van der Waals surface area contributed by atoms with E-state index in [9.17, 15) is 13.6 Å². The maximum Gasteiger partial charge on any atom is 0.223 e. The van der Waals surface area contributed by atoms with Crippen LogP contribution in [0.3, 0.4) is 0 Å². The highest BCUT2D eigenvalue weighted by Crippen LogP contribution is 2.25. The number of nitrogens with zero attached hydrogens (tertiary/aromatic N) is 1. The molecule has 0 bridgehead atoms. The lowest BCUT2D eigenvalue weighted by atomic mass is 10.1. The van der Waals surface area contributed by atoms with Crippen molar-refractivity contribution >= 4 is 5.91 Å². The van der Waals surface area contributed by atoms with Gasteiger partial charge in [-0.1, -0.05) is 12.1 Å². The first-order valence-electron chi connectivity index (χ1n) is 7.55. The molecular formula is C16H22F2N2O2. The molecule has 0 aliphatic carbocycles. The molecule has 1 aromatic carbocycles. The van der Waals surface area contributed by atoms with Crippen molar-refractivity contribution in [3.05, 3.63) is 35.4 Å². The second-order valence-corrected chi connectivity index (χ2v) is 5.46. The van der Waals surface area contributed by atoms with Gasteiger partial charge in [0.1, 0.15) is 0 Å². The summed E-state index contributed by atoms with van der Waals surface area (Å²) in [6, 6.07) is 4.15. The zero-order valence-corrected chi connectivity index (χ0v) is 12.8. The Bertz CT molecular complexity index is 511. The number of hydrogen-bond acceptors (Lipinski definition) is 3. The van der Waals surface area contributed by atoms with Crippen LogP contribution in [0, 0.1) is 11.6 Å². The number of amides is 1. The first-order chi connectivity index (χ1) is 10.6. The lowest BCUT2D eigenvalue weighted by Crippen LogP contribution is -2.35. The molecule has 1 aliphatic rings. The van der Waals surface area contributed by atoms with Crippen LogP contribution in [0.5, 0.6) is 0 Å². The Morgan fingerprint density at radius 2 is 2.18 bits per heavy atom. The normalized spacial score (nSPS) is 18.2. The van der Waals surface area contributed by atoms with Crippen LogP contribution < -0.4 is 5.32 Å². The smallest absolute Gasteiger partial charge is 0.223 e. The molecule has 1 aromatic rings. The summed E-state index contributed by atoms with van der Waals surface area (Å²) >= 11 is 0. The molecule has 0 radical (unpaired) electrons. The highest BCUT2D eigenvalue weighted by atomic mass is 19.2. The van der Waals surface area contributed by atoms with Crippen molar-refractivity contribution in [1.29, 1.82) is 0 Å². The molecule has 1 atom stereocenters. The standard InChI is InChI=1S/C16H22F2N2O2/c1-22-10-9-19-8-7-13-5-6-15(21)20(13)11-12-3-2-4-14(17)16(12)18/h2-4,13,19H,5-11H2,1H3/t13-/m0/s1. The fourth-order valence-corrected chi connectivity index (χ4v) is 2.73. The Morgan fingerprint density at radius 3 is 2.95 bits per heavy atom. The third-order valence-electron chi connectivity index (χ3n) is 3.96. The minimum atomic E-state index is -0.873. The van der Waals surface area contributed by atoms with Gasteiger partial charge in [-0.2, -0.15) is 0 Å². The topological polar surface area (TPSA) is 41.6 Å². The number of hydrogen-bond donors (Lipinski definition) is 1. The Hall–Kier alpha value is -1.53. The molecule has 1 heterocycles. The number of carbonyl (C=O) groups is 1. The summed E-state index contributed by atoms with van der Waals surface area (Å²) in [5.74, 6) is -1.73. The van der Waals surface area contributed by atoms with Gasteiger partial charge in [-0.3, -0.25) is 4.79 Å². The van der Waals surface area contributed by atoms with E-state index in [0.717, 1.165) is 32.0 Å². The number of benzene rings is 1. The van der Waals surface area contributed by atoms with E-state index in [-0.39, 0.29) is 24.1 Å². The number of carbonyl (C=O) groups excluding carboxylic acids is 1. The summed E-state index contributed by atoms with van der Waals surface area (Å²) < 4.78 is 32.0. The molecule has 4 nitrogen and oxygen atoms in total. The molecule has 1 N–H and O–H groups in total. The predicted molar refractivity (Wildman–Crippen MR) is 79.3 cm³/mol. The molecule has 0 aromatic heterocycles. The zero-order valence-electron chi connectivity index (χ0n) is 12.8. The van der Waals surface area contributed by atoms with Gasteiger partial charge in [0.2, 0.25) is 5.91 Å². The van der Waals surface area contributed by atoms with Gasteiger partial charge in [-0.05, 0) is 25.5 Å². The molecule has 1 aliphatic heterocycles. The molecule has 0 saturated carbocycles. The van der Waals surface area contributed by atoms with Gasteiger partial charge in [0.15, 0.2) is 11.6 Å². The Balaban J connectivity index is 1.92. The monoisotopic (exact) mass is 312 g/mol. The van der Waals surface area contributed by atoms with Crippen molar-refractivity contribution in [1.82, 2.24) is 10.2 Å². The van der Waals surface area contributed by atoms with Gasteiger partial charge in [-0.25, -0.2) is 8.78 Å². The fourth-order valence-electron chi connectivity index (χ4n) is 2.73. The van der Waals surface area contributed by atoms with E-state index >= 15 is 0 Å². The van der Waals surface area contributed by atoms with Gasteiger partial charge in [0.05, 0.1) is 6.61 Å². The van der Waals surface area contributed by atoms with Crippen molar-refractivity contribution in [2.45, 2.75) is 31.8 Å². The Kier molecular flexibility index (Phi) is 6.27. The lowest BCUT2D eigenvalue weighted by Gasteiger charge is -2.25. The highest BCUT2D eigenvalue weighted by molar-refractivity contribution is 5.78. The van der Waals surface area contributed by atoms with E-state index in [4.69, 9.17) is 4.74 Å². The average Bonchev–Trinajstić information content (AvgIpc) is 2.85. The number of likely N-dealkylation sites (tertiary alicyclic amines) is 1.